The smallest absolute Gasteiger partial charge is 0.286 e. The van der Waals surface area contributed by atoms with Gasteiger partial charge >= 0.3 is 0 Å². The first-order valence-corrected chi connectivity index (χ1v) is 7.98. The van der Waals surface area contributed by atoms with E-state index >= 15 is 0 Å². The predicted molar refractivity (Wildman–Crippen MR) is 89.0 cm³/mol. The number of hydrogen-bond acceptors (Lipinski definition) is 2. The molecule has 0 aliphatic heterocycles. The third-order valence-electron chi connectivity index (χ3n) is 3.64. The number of ketones is 1. The fourth-order valence-corrected chi connectivity index (χ4v) is 2.46. The molecule has 1 aromatic carbocycles. The Morgan fingerprint density at radius 2 is 1.65 bits per heavy atom. The highest BCUT2D eigenvalue weighted by atomic mass is 16.2. The van der Waals surface area contributed by atoms with E-state index in [2.05, 4.69) is 12.2 Å². The van der Waals surface area contributed by atoms with E-state index in [1.54, 1.807) is 41.2 Å². The van der Waals surface area contributed by atoms with Gasteiger partial charge in [-0.25, -0.2) is 0 Å². The number of pyridine rings is 1. The minimum atomic E-state index is -0.0157. The highest BCUT2D eigenvalue weighted by Crippen LogP contribution is 2.07. The Balaban J connectivity index is 1.97. The molecule has 0 aliphatic rings. The van der Waals surface area contributed by atoms with Crippen LogP contribution in [0, 0.1) is 0 Å². The molecular formula is C19H23N2O2+. The number of aromatic nitrogens is 1. The number of nitrogens with one attached hydrogen (secondary N) is 1. The monoisotopic (exact) mass is 311 g/mol. The number of nitrogens with zero attached hydrogens (tertiary/aromatic N) is 1. The molecule has 1 aromatic heterocycles. The normalized spacial score (nSPS) is 11.7. The maximum atomic E-state index is 12.3. The summed E-state index contributed by atoms with van der Waals surface area (Å²) in [7, 11) is 0. The van der Waals surface area contributed by atoms with Gasteiger partial charge in [0.05, 0.1) is 0 Å². The molecule has 0 unspecified atom stereocenters. The molecule has 0 saturated heterocycles. The van der Waals surface area contributed by atoms with E-state index in [9.17, 15) is 9.59 Å². The third-order valence-corrected chi connectivity index (χ3v) is 3.64. The average molecular weight is 311 g/mol. The maximum Gasteiger partial charge on any atom is 0.286 e. The maximum absolute atomic E-state index is 12.3. The Kier molecular flexibility index (Phi) is 6.03. The van der Waals surface area contributed by atoms with E-state index in [0.29, 0.717) is 11.1 Å². The van der Waals surface area contributed by atoms with E-state index in [4.69, 9.17) is 0 Å². The van der Waals surface area contributed by atoms with Crippen LogP contribution in [0.1, 0.15) is 42.6 Å². The van der Waals surface area contributed by atoms with Gasteiger partial charge < -0.3 is 5.32 Å². The molecule has 2 rings (SSSR count). The van der Waals surface area contributed by atoms with Crippen molar-refractivity contribution < 1.29 is 14.2 Å². The number of carbonyl (C=O) groups excluding carboxylic acids is 2. The van der Waals surface area contributed by atoms with Gasteiger partial charge in [-0.15, -0.1) is 0 Å². The van der Waals surface area contributed by atoms with Crippen LogP contribution in [-0.4, -0.2) is 17.7 Å². The molecule has 4 nitrogen and oxygen atoms in total. The molecule has 1 atom stereocenters. The summed E-state index contributed by atoms with van der Waals surface area (Å²) in [5.74, 6) is -0.0307. The van der Waals surface area contributed by atoms with Crippen LogP contribution in [0.2, 0.25) is 0 Å². The molecule has 0 bridgehead atoms. The van der Waals surface area contributed by atoms with Gasteiger partial charge in [0.1, 0.15) is 0 Å². The van der Waals surface area contributed by atoms with E-state index in [0.717, 1.165) is 12.8 Å². The summed E-state index contributed by atoms with van der Waals surface area (Å²) in [6.07, 6.45) is 5.55. The molecule has 1 N–H and O–H groups in total. The van der Waals surface area contributed by atoms with Crippen LogP contribution < -0.4 is 9.88 Å². The summed E-state index contributed by atoms with van der Waals surface area (Å²) in [6.45, 7) is 4.36. The minimum Gasteiger partial charge on any atom is -0.348 e. The molecule has 2 aromatic rings. The first-order valence-electron chi connectivity index (χ1n) is 7.98. The molecule has 1 heterocycles. The molecular weight excluding hydrogens is 288 g/mol. The summed E-state index contributed by atoms with van der Waals surface area (Å²) in [5, 5.41) is 2.97. The summed E-state index contributed by atoms with van der Waals surface area (Å²) < 4.78 is 1.77. The van der Waals surface area contributed by atoms with Crippen molar-refractivity contribution in [3.05, 3.63) is 66.0 Å². The molecule has 0 aliphatic carbocycles. The second kappa shape index (κ2) is 8.22. The lowest BCUT2D eigenvalue weighted by atomic mass is 10.0. The Bertz CT molecular complexity index is 651. The van der Waals surface area contributed by atoms with Gasteiger partial charge in [-0.1, -0.05) is 43.7 Å². The fraction of sp³-hybridized carbons (Fsp3) is 0.316. The van der Waals surface area contributed by atoms with Gasteiger partial charge in [-0.2, -0.15) is 4.57 Å². The molecule has 4 heteroatoms. The Hall–Kier alpha value is -2.49. The zero-order valence-corrected chi connectivity index (χ0v) is 13.7. The minimum absolute atomic E-state index is 0.0150. The van der Waals surface area contributed by atoms with E-state index in [1.165, 1.54) is 0 Å². The molecule has 120 valence electrons. The van der Waals surface area contributed by atoms with Crippen molar-refractivity contribution in [1.82, 2.24) is 5.32 Å². The molecule has 0 radical (unpaired) electrons. The molecule has 1 amide bonds. The Morgan fingerprint density at radius 1 is 1.04 bits per heavy atom. The fourth-order valence-electron chi connectivity index (χ4n) is 2.46. The predicted octanol–water partition coefficient (Wildman–Crippen LogP) is 2.51. The number of benzene rings is 1. The highest BCUT2D eigenvalue weighted by Gasteiger charge is 2.14. The number of amides is 1. The van der Waals surface area contributed by atoms with Crippen LogP contribution in [-0.2, 0) is 11.3 Å². The lowest BCUT2D eigenvalue weighted by molar-refractivity contribution is -0.684. The van der Waals surface area contributed by atoms with Gasteiger partial charge in [0.25, 0.3) is 5.91 Å². The summed E-state index contributed by atoms with van der Waals surface area (Å²) >= 11 is 0. The van der Waals surface area contributed by atoms with Crippen molar-refractivity contribution in [1.29, 1.82) is 0 Å². The van der Waals surface area contributed by atoms with Crippen LogP contribution in [0.15, 0.2) is 54.9 Å². The molecule has 0 fully saturated rings. The van der Waals surface area contributed by atoms with Crippen LogP contribution in [0.3, 0.4) is 0 Å². The van der Waals surface area contributed by atoms with Crippen LogP contribution in [0.5, 0.6) is 0 Å². The van der Waals surface area contributed by atoms with Crippen molar-refractivity contribution >= 4 is 11.7 Å². The zero-order valence-electron chi connectivity index (χ0n) is 13.7. The number of hydrogen-bond donors (Lipinski definition) is 1. The lowest BCUT2D eigenvalue weighted by Gasteiger charge is -2.10. The van der Waals surface area contributed by atoms with Gasteiger partial charge in [-0.05, 0) is 13.3 Å². The number of rotatable bonds is 7. The summed E-state index contributed by atoms with van der Waals surface area (Å²) in [6, 6.07) is 12.9. The first-order chi connectivity index (χ1) is 11.1. The van der Waals surface area contributed by atoms with Gasteiger partial charge in [0.15, 0.2) is 18.2 Å². The SMILES string of the molecule is CCC[C@@H](C)NC(=O)C[n+]1ccc(C(=O)c2ccccc2)cc1. The second-order valence-electron chi connectivity index (χ2n) is 5.71. The van der Waals surface area contributed by atoms with Crippen molar-refractivity contribution in [2.24, 2.45) is 0 Å². The molecule has 23 heavy (non-hydrogen) atoms. The van der Waals surface area contributed by atoms with Crippen LogP contribution in [0.4, 0.5) is 0 Å². The second-order valence-corrected chi connectivity index (χ2v) is 5.71. The first kappa shape index (κ1) is 16.9. The van der Waals surface area contributed by atoms with Gasteiger partial charge in [0.2, 0.25) is 6.54 Å². The van der Waals surface area contributed by atoms with Crippen molar-refractivity contribution in [2.75, 3.05) is 0 Å². The lowest BCUT2D eigenvalue weighted by Crippen LogP contribution is -2.45. The van der Waals surface area contributed by atoms with Gasteiger partial charge in [0, 0.05) is 29.3 Å². The van der Waals surface area contributed by atoms with Crippen molar-refractivity contribution in [3.63, 3.8) is 0 Å². The van der Waals surface area contributed by atoms with Crippen LogP contribution >= 0.6 is 0 Å². The summed E-state index contributed by atoms with van der Waals surface area (Å²) in [5.41, 5.74) is 1.28. The Labute approximate surface area is 137 Å². The average Bonchev–Trinajstić information content (AvgIpc) is 2.56. The molecule has 0 spiro atoms. The molecule has 0 saturated carbocycles. The highest BCUT2D eigenvalue weighted by molar-refractivity contribution is 6.08. The van der Waals surface area contributed by atoms with Crippen molar-refractivity contribution in [3.8, 4) is 0 Å². The standard InChI is InChI=1S/C19H22N2O2/c1-3-7-15(2)20-18(22)14-21-12-10-17(11-13-21)19(23)16-8-5-4-6-9-16/h4-6,8-13,15H,3,7,14H2,1-2H3/p+1/t15-/m1/s1. The zero-order chi connectivity index (χ0) is 16.7. The quantitative estimate of drug-likeness (QED) is 0.631. The topological polar surface area (TPSA) is 50.1 Å². The Morgan fingerprint density at radius 3 is 2.26 bits per heavy atom. The third kappa shape index (κ3) is 5.02. The number of carbonyl (C=O) groups is 2. The van der Waals surface area contributed by atoms with Crippen LogP contribution in [0.25, 0.3) is 0 Å². The van der Waals surface area contributed by atoms with Gasteiger partial charge in [-0.3, -0.25) is 9.59 Å². The summed E-state index contributed by atoms with van der Waals surface area (Å²) in [4.78, 5) is 24.2. The van der Waals surface area contributed by atoms with Crippen molar-refractivity contribution in [2.45, 2.75) is 39.3 Å². The van der Waals surface area contributed by atoms with E-state index in [-0.39, 0.29) is 24.3 Å². The van der Waals surface area contributed by atoms with E-state index in [1.807, 2.05) is 25.1 Å². The largest absolute Gasteiger partial charge is 0.348 e. The van der Waals surface area contributed by atoms with E-state index < -0.39 is 0 Å².